The molecule has 0 saturated heterocycles. The van der Waals surface area contributed by atoms with E-state index in [2.05, 4.69) is 0 Å². The Morgan fingerprint density at radius 1 is 0.885 bits per heavy atom. The molecule has 0 saturated carbocycles. The molecule has 1 aliphatic rings. The highest BCUT2D eigenvalue weighted by Crippen LogP contribution is 2.38. The molecule has 0 N–H and O–H groups in total. The smallest absolute Gasteiger partial charge is 0.263 e. The van der Waals surface area contributed by atoms with Crippen LogP contribution in [0.5, 0.6) is 5.75 Å². The monoisotopic (exact) mass is 352 g/mol. The molecule has 0 radical (unpaired) electrons. The molecule has 0 amide bonds. The van der Waals surface area contributed by atoms with Crippen LogP contribution in [0.2, 0.25) is 0 Å². The molecule has 0 fully saturated rings. The van der Waals surface area contributed by atoms with Crippen molar-refractivity contribution in [3.63, 3.8) is 0 Å². The summed E-state index contributed by atoms with van der Waals surface area (Å²) >= 11 is 0. The van der Waals surface area contributed by atoms with Crippen LogP contribution in [0.25, 0.3) is 11.6 Å². The van der Waals surface area contributed by atoms with E-state index in [1.165, 1.54) is 24.3 Å². The predicted molar refractivity (Wildman–Crippen MR) is 95.5 cm³/mol. The second-order valence-corrected chi connectivity index (χ2v) is 6.12. The van der Waals surface area contributed by atoms with Crippen molar-refractivity contribution in [3.8, 4) is 5.75 Å². The number of fused-ring (bicyclic) bond motifs is 2. The topological polar surface area (TPSA) is 9.23 Å². The molecule has 0 aliphatic carbocycles. The van der Waals surface area contributed by atoms with Crippen molar-refractivity contribution in [3.05, 3.63) is 100 Å². The largest absolute Gasteiger partial charge is 0.488 e. The maximum absolute atomic E-state index is 13.7. The normalized spacial score (nSPS) is 14.5. The third-order valence-electron chi connectivity index (χ3n) is 4.40. The van der Waals surface area contributed by atoms with E-state index in [9.17, 15) is 13.2 Å². The van der Waals surface area contributed by atoms with Crippen molar-refractivity contribution < 1.29 is 17.9 Å². The first-order chi connectivity index (χ1) is 12.6. The Morgan fingerprint density at radius 2 is 1.73 bits per heavy atom. The maximum atomic E-state index is 13.7. The van der Waals surface area contributed by atoms with Gasteiger partial charge in [-0.05, 0) is 46.5 Å². The lowest BCUT2D eigenvalue weighted by molar-refractivity contribution is 0.151. The Hall–Kier alpha value is -3.01. The van der Waals surface area contributed by atoms with E-state index in [-0.39, 0.29) is 11.4 Å². The summed E-state index contributed by atoms with van der Waals surface area (Å²) < 4.78 is 45.5. The lowest BCUT2D eigenvalue weighted by Crippen LogP contribution is -1.95. The molecule has 1 nitrogen and oxygen atoms in total. The van der Waals surface area contributed by atoms with Crippen molar-refractivity contribution in [2.75, 3.05) is 0 Å². The molecule has 0 unspecified atom stereocenters. The van der Waals surface area contributed by atoms with Gasteiger partial charge in [0.25, 0.3) is 6.43 Å². The highest BCUT2D eigenvalue weighted by Gasteiger charge is 2.19. The molecular weight excluding hydrogens is 337 g/mol. The molecule has 0 atom stereocenters. The van der Waals surface area contributed by atoms with Gasteiger partial charge in [-0.1, -0.05) is 42.5 Å². The summed E-state index contributed by atoms with van der Waals surface area (Å²) in [4.78, 5) is 0. The van der Waals surface area contributed by atoms with E-state index in [4.69, 9.17) is 4.74 Å². The molecule has 0 spiro atoms. The van der Waals surface area contributed by atoms with Gasteiger partial charge in [-0.3, -0.25) is 0 Å². The Labute approximate surface area is 149 Å². The van der Waals surface area contributed by atoms with Gasteiger partial charge in [-0.15, -0.1) is 0 Å². The average Bonchev–Trinajstić information content (AvgIpc) is 2.79. The molecule has 3 aromatic carbocycles. The lowest BCUT2D eigenvalue weighted by Gasteiger charge is -2.11. The molecule has 1 heterocycles. The number of benzene rings is 3. The number of ether oxygens (including phenoxy) is 1. The molecule has 4 heteroatoms. The van der Waals surface area contributed by atoms with Gasteiger partial charge in [0, 0.05) is 17.2 Å². The summed E-state index contributed by atoms with van der Waals surface area (Å²) in [6, 6.07) is 18.4. The fourth-order valence-corrected chi connectivity index (χ4v) is 3.15. The quantitative estimate of drug-likeness (QED) is 0.530. The minimum absolute atomic E-state index is 0.0307. The van der Waals surface area contributed by atoms with Crippen LogP contribution in [0.1, 0.15) is 34.2 Å². The van der Waals surface area contributed by atoms with E-state index in [1.54, 1.807) is 18.2 Å². The van der Waals surface area contributed by atoms with Gasteiger partial charge in [0.1, 0.15) is 18.2 Å². The number of hydrogen-bond acceptors (Lipinski definition) is 1. The Morgan fingerprint density at radius 3 is 2.58 bits per heavy atom. The number of alkyl halides is 2. The molecule has 1 aliphatic heterocycles. The maximum Gasteiger partial charge on any atom is 0.263 e. The van der Waals surface area contributed by atoms with Crippen LogP contribution in [0.3, 0.4) is 0 Å². The van der Waals surface area contributed by atoms with Crippen molar-refractivity contribution >= 4 is 11.6 Å². The minimum Gasteiger partial charge on any atom is -0.488 e. The van der Waals surface area contributed by atoms with Crippen molar-refractivity contribution in [1.82, 2.24) is 0 Å². The van der Waals surface area contributed by atoms with Gasteiger partial charge in [-0.2, -0.15) is 0 Å². The van der Waals surface area contributed by atoms with Gasteiger partial charge in [0.15, 0.2) is 0 Å². The highest BCUT2D eigenvalue weighted by atomic mass is 19.3. The molecule has 26 heavy (non-hydrogen) atoms. The summed E-state index contributed by atoms with van der Waals surface area (Å²) in [5.74, 6) is 0.0613. The van der Waals surface area contributed by atoms with E-state index in [0.29, 0.717) is 17.9 Å². The van der Waals surface area contributed by atoms with Crippen LogP contribution in [0.15, 0.2) is 66.7 Å². The highest BCUT2D eigenvalue weighted by molar-refractivity contribution is 5.94. The van der Waals surface area contributed by atoms with Gasteiger partial charge >= 0.3 is 0 Å². The zero-order valence-corrected chi connectivity index (χ0v) is 13.8. The van der Waals surface area contributed by atoms with Crippen LogP contribution in [0.4, 0.5) is 13.2 Å². The van der Waals surface area contributed by atoms with Gasteiger partial charge in [-0.25, -0.2) is 13.2 Å². The van der Waals surface area contributed by atoms with Crippen LogP contribution < -0.4 is 4.74 Å². The van der Waals surface area contributed by atoms with E-state index < -0.39 is 6.43 Å². The molecule has 4 rings (SSSR count). The first-order valence-corrected chi connectivity index (χ1v) is 8.22. The summed E-state index contributed by atoms with van der Waals surface area (Å²) in [5, 5.41) is 0. The average molecular weight is 352 g/mol. The third kappa shape index (κ3) is 3.10. The van der Waals surface area contributed by atoms with Crippen LogP contribution in [0, 0.1) is 5.82 Å². The van der Waals surface area contributed by atoms with Gasteiger partial charge in [0.05, 0.1) is 0 Å². The van der Waals surface area contributed by atoms with Crippen LogP contribution in [-0.2, 0) is 6.61 Å². The SMILES string of the molecule is Fc1ccc2c(c1)OCc1ccccc1/C2=C\c1cccc(C(F)F)c1. The Kier molecular flexibility index (Phi) is 4.25. The van der Waals surface area contributed by atoms with Crippen molar-refractivity contribution in [2.24, 2.45) is 0 Å². The Bertz CT molecular complexity index is 992. The molecule has 0 aromatic heterocycles. The lowest BCUT2D eigenvalue weighted by atomic mass is 9.92. The van der Waals surface area contributed by atoms with E-state index >= 15 is 0 Å². The van der Waals surface area contributed by atoms with E-state index in [0.717, 1.165) is 22.3 Å². The predicted octanol–water partition coefficient (Wildman–Crippen LogP) is 6.24. The molecule has 130 valence electrons. The van der Waals surface area contributed by atoms with Crippen molar-refractivity contribution in [1.29, 1.82) is 0 Å². The number of hydrogen-bond donors (Lipinski definition) is 0. The molecule has 0 bridgehead atoms. The fraction of sp³-hybridized carbons (Fsp3) is 0.0909. The summed E-state index contributed by atoms with van der Waals surface area (Å²) in [6.45, 7) is 0.320. The summed E-state index contributed by atoms with van der Waals surface area (Å²) in [6.07, 6.45) is -0.685. The standard InChI is InChI=1S/C22H15F3O/c23-17-8-9-19-20(11-14-4-3-6-15(10-14)22(24)25)18-7-2-1-5-16(18)13-26-21(19)12-17/h1-12,22H,13H2/b20-11+. The van der Waals surface area contributed by atoms with Gasteiger partial charge in [0.2, 0.25) is 0 Å². The fourth-order valence-electron chi connectivity index (χ4n) is 3.15. The zero-order valence-electron chi connectivity index (χ0n) is 13.8. The first-order valence-electron chi connectivity index (χ1n) is 8.22. The minimum atomic E-state index is -2.53. The second-order valence-electron chi connectivity index (χ2n) is 6.12. The summed E-state index contributed by atoms with van der Waals surface area (Å²) in [5.41, 5.74) is 4.08. The number of rotatable bonds is 2. The Balaban J connectivity index is 1.93. The second kappa shape index (κ2) is 6.71. The number of halogens is 3. The summed E-state index contributed by atoms with van der Waals surface area (Å²) in [7, 11) is 0. The molecular formula is C22H15F3O. The molecule has 3 aromatic rings. The van der Waals surface area contributed by atoms with Gasteiger partial charge < -0.3 is 4.74 Å². The zero-order chi connectivity index (χ0) is 18.1. The van der Waals surface area contributed by atoms with E-state index in [1.807, 2.05) is 30.3 Å². The van der Waals surface area contributed by atoms with Crippen LogP contribution >= 0.6 is 0 Å². The third-order valence-corrected chi connectivity index (χ3v) is 4.40. The van der Waals surface area contributed by atoms with Crippen molar-refractivity contribution in [2.45, 2.75) is 13.0 Å². The first kappa shape index (κ1) is 16.5. The van der Waals surface area contributed by atoms with Crippen LogP contribution in [-0.4, -0.2) is 0 Å².